The number of carbonyl (C=O) groups is 2. The van der Waals surface area contributed by atoms with E-state index in [0.29, 0.717) is 0 Å². The molecule has 0 bridgehead atoms. The third-order valence-electron chi connectivity index (χ3n) is 1.84. The minimum Gasteiger partial charge on any atom is -0.481 e. The van der Waals surface area contributed by atoms with E-state index in [0.717, 1.165) is 0 Å². The number of hydrogen-bond acceptors (Lipinski definition) is 3. The molecule has 0 aliphatic heterocycles. The van der Waals surface area contributed by atoms with Gasteiger partial charge in [0.2, 0.25) is 5.91 Å². The molecule has 0 heterocycles. The Kier molecular flexibility index (Phi) is 4.88. The van der Waals surface area contributed by atoms with Crippen LogP contribution < -0.4 is 5.43 Å². The predicted molar refractivity (Wildman–Crippen MR) is 51.6 cm³/mol. The largest absolute Gasteiger partial charge is 0.481 e. The zero-order chi connectivity index (χ0) is 10.6. The number of amides is 1. The Labute approximate surface area is 79.7 Å². The molecule has 0 aromatic heterocycles. The van der Waals surface area contributed by atoms with Crippen LogP contribution in [0.3, 0.4) is 0 Å². The molecular formula is C7H15N2O3P. The summed E-state index contributed by atoms with van der Waals surface area (Å²) in [5, 5.41) is 8.64. The monoisotopic (exact) mass is 206 g/mol. The van der Waals surface area contributed by atoms with Crippen molar-refractivity contribution in [2.45, 2.75) is 13.8 Å². The maximum atomic E-state index is 11.3. The Bertz CT molecular complexity index is 208. The Morgan fingerprint density at radius 3 is 2.15 bits per heavy atom. The Morgan fingerprint density at radius 2 is 1.85 bits per heavy atom. The van der Waals surface area contributed by atoms with Crippen molar-refractivity contribution < 1.29 is 14.7 Å². The van der Waals surface area contributed by atoms with E-state index in [1.165, 1.54) is 11.7 Å². The number of rotatable bonds is 4. The first-order chi connectivity index (χ1) is 5.86. The van der Waals surface area contributed by atoms with Gasteiger partial charge < -0.3 is 5.11 Å². The van der Waals surface area contributed by atoms with Gasteiger partial charge >= 0.3 is 5.97 Å². The fourth-order valence-electron chi connectivity index (χ4n) is 0.717. The van der Waals surface area contributed by atoms with Crippen LogP contribution in [0.25, 0.3) is 0 Å². The van der Waals surface area contributed by atoms with Gasteiger partial charge in [0.15, 0.2) is 0 Å². The predicted octanol–water partition coefficient (Wildman–Crippen LogP) is 0.0963. The summed E-state index contributed by atoms with van der Waals surface area (Å²) in [5.41, 5.74) is 2.47. The Morgan fingerprint density at radius 1 is 1.38 bits per heavy atom. The number of carbonyl (C=O) groups excluding carboxylic acids is 1. The maximum Gasteiger partial charge on any atom is 0.307 e. The summed E-state index contributed by atoms with van der Waals surface area (Å²) in [6.07, 6.45) is 0. The first-order valence-electron chi connectivity index (χ1n) is 3.88. The molecule has 0 saturated carbocycles. The third-order valence-corrected chi connectivity index (χ3v) is 1.97. The van der Waals surface area contributed by atoms with E-state index in [-0.39, 0.29) is 5.91 Å². The lowest BCUT2D eigenvalue weighted by Crippen LogP contribution is -2.39. The molecule has 0 spiro atoms. The molecule has 76 valence electrons. The lowest BCUT2D eigenvalue weighted by Gasteiger charge is -2.18. The van der Waals surface area contributed by atoms with Gasteiger partial charge in [0.05, 0.1) is 5.92 Å². The molecule has 0 aromatic carbocycles. The second kappa shape index (κ2) is 5.14. The van der Waals surface area contributed by atoms with Crippen LogP contribution in [-0.2, 0) is 9.59 Å². The highest BCUT2D eigenvalue weighted by molar-refractivity contribution is 7.13. The second-order valence-electron chi connectivity index (χ2n) is 3.00. The van der Waals surface area contributed by atoms with E-state index >= 15 is 0 Å². The van der Waals surface area contributed by atoms with Crippen molar-refractivity contribution in [1.29, 1.82) is 0 Å². The molecule has 0 radical (unpaired) electrons. The molecule has 0 aromatic rings. The van der Waals surface area contributed by atoms with Crippen molar-refractivity contribution >= 4 is 21.3 Å². The average molecular weight is 206 g/mol. The summed E-state index contributed by atoms with van der Waals surface area (Å²) in [4.78, 5) is 21.8. The summed E-state index contributed by atoms with van der Waals surface area (Å²) in [7, 11) is 3.90. The lowest BCUT2D eigenvalue weighted by atomic mass is 9.96. The second-order valence-corrected chi connectivity index (χ2v) is 3.78. The summed E-state index contributed by atoms with van der Waals surface area (Å²) >= 11 is 0. The lowest BCUT2D eigenvalue weighted by molar-refractivity contribution is -0.146. The van der Waals surface area contributed by atoms with E-state index in [1.807, 2.05) is 0 Å². The highest BCUT2D eigenvalue weighted by Crippen LogP contribution is 2.11. The number of aliphatic carboxylic acids is 1. The van der Waals surface area contributed by atoms with Crippen LogP contribution in [0.15, 0.2) is 0 Å². The average Bonchev–Trinajstić information content (AvgIpc) is 2.00. The molecule has 0 saturated heterocycles. The topological polar surface area (TPSA) is 69.6 Å². The smallest absolute Gasteiger partial charge is 0.307 e. The molecule has 1 unspecified atom stereocenters. The molecule has 0 fully saturated rings. The van der Waals surface area contributed by atoms with Gasteiger partial charge in [0, 0.05) is 13.0 Å². The molecule has 0 aliphatic carbocycles. The zero-order valence-corrected chi connectivity index (χ0v) is 9.10. The third kappa shape index (κ3) is 4.20. The van der Waals surface area contributed by atoms with E-state index < -0.39 is 17.8 Å². The van der Waals surface area contributed by atoms with Crippen molar-refractivity contribution in [3.05, 3.63) is 0 Å². The molecule has 6 heteroatoms. The van der Waals surface area contributed by atoms with Gasteiger partial charge in [0.25, 0.3) is 0 Å². The van der Waals surface area contributed by atoms with Crippen LogP contribution in [0.4, 0.5) is 0 Å². The van der Waals surface area contributed by atoms with Crippen LogP contribution in [0.5, 0.6) is 0 Å². The van der Waals surface area contributed by atoms with Gasteiger partial charge in [0.1, 0.15) is 0 Å². The Balaban J connectivity index is 4.17. The van der Waals surface area contributed by atoms with Gasteiger partial charge in [-0.15, -0.1) is 0 Å². The molecule has 2 N–H and O–H groups in total. The van der Waals surface area contributed by atoms with Gasteiger partial charge in [-0.2, -0.15) is 0 Å². The number of hydrazine groups is 1. The van der Waals surface area contributed by atoms with Gasteiger partial charge in [-0.25, -0.2) is 4.78 Å². The fraction of sp³-hybridized carbons (Fsp3) is 0.714. The molecule has 5 nitrogen and oxygen atoms in total. The first-order valence-corrected chi connectivity index (χ1v) is 4.39. The van der Waals surface area contributed by atoms with E-state index in [4.69, 9.17) is 5.11 Å². The number of nitrogens with one attached hydrogen (secondary N) is 1. The molecule has 0 aliphatic rings. The highest BCUT2D eigenvalue weighted by Gasteiger charge is 2.25. The number of carboxylic acids is 1. The Hall–Kier alpha value is -0.670. The number of hydrogen-bond donors (Lipinski definition) is 2. The van der Waals surface area contributed by atoms with E-state index in [2.05, 4.69) is 14.8 Å². The molecule has 3 atom stereocenters. The van der Waals surface area contributed by atoms with Crippen molar-refractivity contribution in [3.8, 4) is 0 Å². The molecular weight excluding hydrogens is 191 g/mol. The molecule has 13 heavy (non-hydrogen) atoms. The number of carboxylic acid groups (broad SMARTS) is 1. The van der Waals surface area contributed by atoms with Gasteiger partial charge in [-0.1, -0.05) is 13.8 Å². The van der Waals surface area contributed by atoms with Crippen molar-refractivity contribution in [2.24, 2.45) is 11.8 Å². The fourth-order valence-corrected chi connectivity index (χ4v) is 0.844. The summed E-state index contributed by atoms with van der Waals surface area (Å²) in [6, 6.07) is 0. The maximum absolute atomic E-state index is 11.3. The minimum absolute atomic E-state index is 0.299. The normalized spacial score (nSPS) is 15.2. The van der Waals surface area contributed by atoms with Crippen LogP contribution in [0.1, 0.15) is 13.8 Å². The van der Waals surface area contributed by atoms with Crippen molar-refractivity contribution in [3.63, 3.8) is 0 Å². The summed E-state index contributed by atoms with van der Waals surface area (Å²) in [5.74, 6) is -2.48. The molecule has 1 amide bonds. The van der Waals surface area contributed by atoms with Gasteiger partial charge in [-0.3, -0.25) is 15.0 Å². The first kappa shape index (κ1) is 12.3. The summed E-state index contributed by atoms with van der Waals surface area (Å²) < 4.78 is 1.41. The number of nitrogens with zero attached hydrogens (tertiary/aromatic N) is 1. The van der Waals surface area contributed by atoms with Gasteiger partial charge in [-0.05, 0) is 9.39 Å². The van der Waals surface area contributed by atoms with Crippen LogP contribution in [0, 0.1) is 11.8 Å². The SMILES string of the molecule is C[C@H](C(=O)O)[C@@H](C)C(=O)NN(C)P. The quantitative estimate of drug-likeness (QED) is 0.505. The van der Waals surface area contributed by atoms with Crippen molar-refractivity contribution in [2.75, 3.05) is 7.05 Å². The zero-order valence-electron chi connectivity index (χ0n) is 7.94. The standard InChI is InChI=1S/C7H15N2O3P/c1-4(5(2)7(11)12)6(10)8-9(3)13/h4-5H,13H2,1-3H3,(H,8,10)(H,11,12)/t4-,5+/m1/s1. The molecule has 0 rings (SSSR count). The van der Waals surface area contributed by atoms with Crippen molar-refractivity contribution in [1.82, 2.24) is 10.2 Å². The van der Waals surface area contributed by atoms with E-state index in [1.54, 1.807) is 14.0 Å². The summed E-state index contributed by atoms with van der Waals surface area (Å²) in [6.45, 7) is 3.09. The highest BCUT2D eigenvalue weighted by atomic mass is 31.0. The van der Waals surface area contributed by atoms with Crippen LogP contribution >= 0.6 is 9.39 Å². The van der Waals surface area contributed by atoms with E-state index in [9.17, 15) is 9.59 Å². The van der Waals surface area contributed by atoms with Crippen LogP contribution in [0.2, 0.25) is 0 Å². The minimum atomic E-state index is -0.964. The van der Waals surface area contributed by atoms with Crippen LogP contribution in [-0.4, -0.2) is 28.8 Å².